The molecular formula is C33H46O3. The minimum atomic E-state index is -0.698. The number of hydrogen-bond acceptors (Lipinski definition) is 3. The fourth-order valence-corrected chi connectivity index (χ4v) is 9.77. The highest BCUT2D eigenvalue weighted by atomic mass is 16.3. The second-order valence-corrected chi connectivity index (χ2v) is 13.3. The maximum Gasteiger partial charge on any atom is 0.152 e. The van der Waals surface area contributed by atoms with E-state index in [2.05, 4.69) is 27.7 Å². The smallest absolute Gasteiger partial charge is 0.152 e. The molecule has 0 unspecified atom stereocenters. The zero-order valence-corrected chi connectivity index (χ0v) is 23.0. The van der Waals surface area contributed by atoms with Crippen molar-refractivity contribution < 1.29 is 15.0 Å². The van der Waals surface area contributed by atoms with Gasteiger partial charge in [-0.05, 0) is 123 Å². The Kier molecular flexibility index (Phi) is 6.55. The predicted molar refractivity (Wildman–Crippen MR) is 146 cm³/mol. The van der Waals surface area contributed by atoms with E-state index in [0.717, 1.165) is 41.9 Å². The number of para-hydroxylation sites is 1. The maximum atomic E-state index is 12.7. The fraction of sp³-hybridized carbons (Fsp3) is 0.667. The van der Waals surface area contributed by atoms with Gasteiger partial charge in [0, 0.05) is 11.0 Å². The Morgan fingerprint density at radius 3 is 2.47 bits per heavy atom. The van der Waals surface area contributed by atoms with Gasteiger partial charge in [-0.3, -0.25) is 4.79 Å². The normalized spacial score (nSPS) is 42.9. The van der Waals surface area contributed by atoms with Crippen LogP contribution in [0.5, 0.6) is 5.75 Å². The van der Waals surface area contributed by atoms with E-state index in [1.54, 1.807) is 13.0 Å². The zero-order chi connectivity index (χ0) is 25.9. The van der Waals surface area contributed by atoms with Gasteiger partial charge in [-0.1, -0.05) is 51.8 Å². The average molecular weight is 491 g/mol. The molecule has 0 bridgehead atoms. The predicted octanol–water partition coefficient (Wildman–Crippen LogP) is 7.72. The summed E-state index contributed by atoms with van der Waals surface area (Å²) in [6.07, 6.45) is 14.5. The van der Waals surface area contributed by atoms with Gasteiger partial charge >= 0.3 is 0 Å². The third-order valence-corrected chi connectivity index (χ3v) is 11.8. The van der Waals surface area contributed by atoms with Crippen LogP contribution in [-0.2, 0) is 4.79 Å². The van der Waals surface area contributed by atoms with Gasteiger partial charge in [0.2, 0.25) is 0 Å². The van der Waals surface area contributed by atoms with Crippen LogP contribution in [0.1, 0.15) is 98.0 Å². The number of rotatable bonds is 4. The Bertz CT molecular complexity index is 1080. The lowest BCUT2D eigenvalue weighted by atomic mass is 9.41. The topological polar surface area (TPSA) is 57.5 Å². The summed E-state index contributed by atoms with van der Waals surface area (Å²) in [5, 5.41) is 23.1. The molecule has 0 amide bonds. The van der Waals surface area contributed by atoms with Crippen LogP contribution in [0.4, 0.5) is 0 Å². The number of aromatic hydroxyl groups is 1. The molecular weight excluding hydrogens is 444 g/mol. The third-order valence-electron chi connectivity index (χ3n) is 11.8. The number of allylic oxidation sites excluding steroid dienone is 3. The second kappa shape index (κ2) is 9.15. The zero-order valence-electron chi connectivity index (χ0n) is 23.0. The van der Waals surface area contributed by atoms with Crippen molar-refractivity contribution in [2.75, 3.05) is 0 Å². The molecule has 1 aromatic rings. The molecule has 0 radical (unpaired) electrons. The largest absolute Gasteiger partial charge is 0.507 e. The van der Waals surface area contributed by atoms with Gasteiger partial charge in [-0.25, -0.2) is 0 Å². The standard InChI is InChI=1S/C33H46O3/c1-21(18-24-10-6-7-12-30(24)35)26(20-23(3)34)27-15-17-33(36)28-14-13-25-11-8-9-16-31(25,4)29(28)19-22(2)32(27,33)5/h6-7,10,12,18,20,22,25,27-29,35-36H,8-9,11,13-17,19H2,1-5H3/b21-18+,26-20+/t22-,25+,27-,28-,29+,31+,32-,33+/m1/s1. The van der Waals surface area contributed by atoms with Crippen molar-refractivity contribution in [3.8, 4) is 5.75 Å². The molecule has 0 spiro atoms. The molecule has 0 aromatic heterocycles. The highest BCUT2D eigenvalue weighted by Gasteiger charge is 2.69. The number of phenolic OH excluding ortho intramolecular Hbond substituents is 1. The molecule has 4 fully saturated rings. The summed E-state index contributed by atoms with van der Waals surface area (Å²) in [5.74, 6) is 2.57. The Morgan fingerprint density at radius 2 is 1.75 bits per heavy atom. The van der Waals surface area contributed by atoms with Crippen molar-refractivity contribution >= 4 is 11.9 Å². The molecule has 36 heavy (non-hydrogen) atoms. The van der Waals surface area contributed by atoms with Crippen molar-refractivity contribution in [3.05, 3.63) is 47.1 Å². The summed E-state index contributed by atoms with van der Waals surface area (Å²) >= 11 is 0. The number of hydrogen-bond donors (Lipinski definition) is 2. The molecule has 0 saturated heterocycles. The minimum Gasteiger partial charge on any atom is -0.507 e. The Morgan fingerprint density at radius 1 is 1.00 bits per heavy atom. The molecule has 5 rings (SSSR count). The van der Waals surface area contributed by atoms with E-state index >= 15 is 0 Å². The SMILES string of the molecule is CC(=O)/C=C(\C(C)=C\c1ccccc1O)[C@H]1CC[C@]2(O)[C@@H]3CC[C@@H]4CCCC[C@]4(C)[C@H]3C[C@@H](C)[C@]12C. The monoisotopic (exact) mass is 490 g/mol. The van der Waals surface area contributed by atoms with E-state index in [1.807, 2.05) is 30.4 Å². The molecule has 2 N–H and O–H groups in total. The van der Waals surface area contributed by atoms with Crippen LogP contribution in [0.2, 0.25) is 0 Å². The highest BCUT2D eigenvalue weighted by molar-refractivity contribution is 5.89. The summed E-state index contributed by atoms with van der Waals surface area (Å²) in [7, 11) is 0. The van der Waals surface area contributed by atoms with Crippen LogP contribution in [0.25, 0.3) is 6.08 Å². The first kappa shape index (κ1) is 25.8. The fourth-order valence-electron chi connectivity index (χ4n) is 9.77. The molecule has 4 aliphatic carbocycles. The summed E-state index contributed by atoms with van der Waals surface area (Å²) < 4.78 is 0. The lowest BCUT2D eigenvalue weighted by Gasteiger charge is -2.65. The van der Waals surface area contributed by atoms with Gasteiger partial charge < -0.3 is 10.2 Å². The van der Waals surface area contributed by atoms with Crippen molar-refractivity contribution in [2.24, 2.45) is 40.4 Å². The van der Waals surface area contributed by atoms with Crippen LogP contribution >= 0.6 is 0 Å². The van der Waals surface area contributed by atoms with Crippen LogP contribution in [0, 0.1) is 40.4 Å². The molecule has 1 aromatic carbocycles. The number of benzene rings is 1. The van der Waals surface area contributed by atoms with Crippen molar-refractivity contribution in [3.63, 3.8) is 0 Å². The maximum absolute atomic E-state index is 12.7. The van der Waals surface area contributed by atoms with Gasteiger partial charge in [0.05, 0.1) is 5.60 Å². The summed E-state index contributed by atoms with van der Waals surface area (Å²) in [6, 6.07) is 7.37. The molecule has 0 heterocycles. The van der Waals surface area contributed by atoms with E-state index in [1.165, 1.54) is 38.5 Å². The van der Waals surface area contributed by atoms with Gasteiger partial charge in [0.25, 0.3) is 0 Å². The molecule has 3 nitrogen and oxygen atoms in total. The van der Waals surface area contributed by atoms with E-state index in [9.17, 15) is 15.0 Å². The van der Waals surface area contributed by atoms with Crippen LogP contribution < -0.4 is 0 Å². The quantitative estimate of drug-likeness (QED) is 0.335. The molecule has 196 valence electrons. The lowest BCUT2D eigenvalue weighted by molar-refractivity contribution is -0.223. The lowest BCUT2D eigenvalue weighted by Crippen LogP contribution is -2.64. The number of phenols is 1. The van der Waals surface area contributed by atoms with E-state index in [4.69, 9.17) is 0 Å². The number of carbonyl (C=O) groups excluding carboxylic acids is 1. The molecule has 4 saturated carbocycles. The third kappa shape index (κ3) is 3.75. The molecule has 4 aliphatic rings. The Hall–Kier alpha value is -1.87. The van der Waals surface area contributed by atoms with Gasteiger partial charge in [-0.2, -0.15) is 0 Å². The Balaban J connectivity index is 1.54. The number of carbonyl (C=O) groups is 1. The van der Waals surface area contributed by atoms with Gasteiger partial charge in [0.1, 0.15) is 5.75 Å². The minimum absolute atomic E-state index is 0.0469. The highest BCUT2D eigenvalue weighted by Crippen LogP contribution is 2.71. The van der Waals surface area contributed by atoms with Crippen LogP contribution in [-0.4, -0.2) is 21.6 Å². The van der Waals surface area contributed by atoms with Crippen LogP contribution in [0.3, 0.4) is 0 Å². The number of aliphatic hydroxyl groups is 1. The van der Waals surface area contributed by atoms with E-state index in [0.29, 0.717) is 23.2 Å². The number of ketones is 1. The van der Waals surface area contributed by atoms with Crippen molar-refractivity contribution in [2.45, 2.75) is 98.0 Å². The summed E-state index contributed by atoms with van der Waals surface area (Å²) in [4.78, 5) is 12.5. The van der Waals surface area contributed by atoms with Gasteiger partial charge in [-0.15, -0.1) is 0 Å². The first-order valence-electron chi connectivity index (χ1n) is 14.4. The molecule has 0 aliphatic heterocycles. The molecule has 3 heteroatoms. The van der Waals surface area contributed by atoms with E-state index < -0.39 is 5.60 Å². The summed E-state index contributed by atoms with van der Waals surface area (Å²) in [5.41, 5.74) is 2.22. The van der Waals surface area contributed by atoms with Gasteiger partial charge in [0.15, 0.2) is 5.78 Å². The summed E-state index contributed by atoms with van der Waals surface area (Å²) in [6.45, 7) is 11.0. The number of fused-ring (bicyclic) bond motifs is 5. The molecule has 8 atom stereocenters. The van der Waals surface area contributed by atoms with E-state index in [-0.39, 0.29) is 22.9 Å². The first-order chi connectivity index (χ1) is 17.0. The first-order valence-corrected chi connectivity index (χ1v) is 14.4. The second-order valence-electron chi connectivity index (χ2n) is 13.3. The van der Waals surface area contributed by atoms with Crippen LogP contribution in [0.15, 0.2) is 41.5 Å². The van der Waals surface area contributed by atoms with Crippen molar-refractivity contribution in [1.29, 1.82) is 0 Å². The average Bonchev–Trinajstić information content (AvgIpc) is 3.11. The van der Waals surface area contributed by atoms with Crippen molar-refractivity contribution in [1.82, 2.24) is 0 Å². The Labute approximate surface area is 218 Å².